The molecule has 4 bridgehead atoms. The van der Waals surface area contributed by atoms with Gasteiger partial charge in [0.1, 0.15) is 5.82 Å². The summed E-state index contributed by atoms with van der Waals surface area (Å²) in [5.74, 6) is 0.658. The van der Waals surface area contributed by atoms with E-state index in [2.05, 4.69) is 30.2 Å². The minimum atomic E-state index is -3.68. The predicted octanol–water partition coefficient (Wildman–Crippen LogP) is 2.28. The monoisotopic (exact) mass is 474 g/mol. The van der Waals surface area contributed by atoms with E-state index < -0.39 is 16.6 Å². The number of nitrogens with zero attached hydrogens (tertiary/aromatic N) is 3. The standard InChI is InChI=1S/C22H30N6O4S/c29-12-13-33(31,32)27-17-6-7-18-19(14-17)28-11-3-5-16(15-28)4-1-2-9-23-22-24-10-8-20(26-22)25-21(18)30/h6-8,10,14,16,27,29H,1-5,9,11-13,15H2,(H2,23,24,25,26,30). The highest BCUT2D eigenvalue weighted by atomic mass is 32.2. The van der Waals surface area contributed by atoms with Crippen LogP contribution >= 0.6 is 0 Å². The third kappa shape index (κ3) is 6.11. The van der Waals surface area contributed by atoms with Crippen LogP contribution in [0.5, 0.6) is 0 Å². The van der Waals surface area contributed by atoms with Crippen molar-refractivity contribution in [1.29, 1.82) is 0 Å². The number of hydrogen-bond donors (Lipinski definition) is 4. The average molecular weight is 475 g/mol. The van der Waals surface area contributed by atoms with Gasteiger partial charge in [0, 0.05) is 25.8 Å². The number of sulfonamides is 1. The molecule has 2 aromatic rings. The fraction of sp³-hybridized carbons (Fsp3) is 0.500. The molecule has 1 fully saturated rings. The highest BCUT2D eigenvalue weighted by Crippen LogP contribution is 2.32. The van der Waals surface area contributed by atoms with Gasteiger partial charge in [-0.25, -0.2) is 13.4 Å². The van der Waals surface area contributed by atoms with Crippen LogP contribution in [-0.2, 0) is 10.0 Å². The Morgan fingerprint density at radius 1 is 1.18 bits per heavy atom. The van der Waals surface area contributed by atoms with Crippen LogP contribution in [0.15, 0.2) is 30.5 Å². The van der Waals surface area contributed by atoms with Gasteiger partial charge in [0.25, 0.3) is 5.91 Å². The smallest absolute Gasteiger partial charge is 0.258 e. The number of aliphatic hydroxyl groups excluding tert-OH is 1. The van der Waals surface area contributed by atoms with Crippen molar-refractivity contribution in [3.63, 3.8) is 0 Å². The van der Waals surface area contributed by atoms with E-state index in [0.29, 0.717) is 34.6 Å². The Morgan fingerprint density at radius 2 is 2.03 bits per heavy atom. The summed E-state index contributed by atoms with van der Waals surface area (Å²) in [6.45, 7) is 1.91. The number of piperidine rings is 1. The van der Waals surface area contributed by atoms with Crippen molar-refractivity contribution in [3.05, 3.63) is 36.0 Å². The number of carbonyl (C=O) groups excluding carboxylic acids is 1. The van der Waals surface area contributed by atoms with Gasteiger partial charge in [0.2, 0.25) is 16.0 Å². The van der Waals surface area contributed by atoms with E-state index in [1.165, 1.54) is 0 Å². The molecule has 1 amide bonds. The third-order valence-electron chi connectivity index (χ3n) is 5.95. The van der Waals surface area contributed by atoms with Crippen molar-refractivity contribution in [3.8, 4) is 0 Å². The van der Waals surface area contributed by atoms with E-state index >= 15 is 0 Å². The molecule has 1 unspecified atom stereocenters. The number of rotatable bonds is 4. The van der Waals surface area contributed by atoms with Crippen LogP contribution in [-0.4, -0.2) is 61.4 Å². The highest BCUT2D eigenvalue weighted by molar-refractivity contribution is 7.92. The molecule has 4 N–H and O–H groups in total. The molecule has 1 saturated heterocycles. The maximum Gasteiger partial charge on any atom is 0.258 e. The molecule has 178 valence electrons. The van der Waals surface area contributed by atoms with Crippen molar-refractivity contribution in [1.82, 2.24) is 9.97 Å². The number of anilines is 4. The van der Waals surface area contributed by atoms with Crippen LogP contribution in [0.2, 0.25) is 0 Å². The SMILES string of the molecule is O=C1Nc2ccnc(n2)NCCCCC2CCCN(C2)c2cc(NS(=O)(=O)CCO)ccc21. The topological polar surface area (TPSA) is 137 Å². The molecule has 0 radical (unpaired) electrons. The molecular formula is C22H30N6O4S. The molecule has 0 aliphatic carbocycles. The van der Waals surface area contributed by atoms with Gasteiger partial charge in [0.15, 0.2) is 0 Å². The van der Waals surface area contributed by atoms with E-state index in [1.807, 2.05) is 0 Å². The molecule has 1 aromatic carbocycles. The van der Waals surface area contributed by atoms with Crippen LogP contribution in [0.3, 0.4) is 0 Å². The zero-order valence-corrected chi connectivity index (χ0v) is 19.3. The molecule has 11 heteroatoms. The number of hydrogen-bond acceptors (Lipinski definition) is 8. The molecule has 1 atom stereocenters. The molecule has 0 saturated carbocycles. The van der Waals surface area contributed by atoms with Gasteiger partial charge in [-0.2, -0.15) is 4.98 Å². The molecule has 2 aliphatic rings. The summed E-state index contributed by atoms with van der Waals surface area (Å²) in [7, 11) is -3.68. The summed E-state index contributed by atoms with van der Waals surface area (Å²) in [6, 6.07) is 6.53. The lowest BCUT2D eigenvalue weighted by molar-refractivity contribution is 0.102. The van der Waals surface area contributed by atoms with Gasteiger partial charge in [0.05, 0.1) is 29.3 Å². The maximum atomic E-state index is 13.2. The van der Waals surface area contributed by atoms with E-state index in [1.54, 1.807) is 30.5 Å². The first-order chi connectivity index (χ1) is 15.9. The zero-order valence-electron chi connectivity index (χ0n) is 18.5. The molecule has 10 nitrogen and oxygen atoms in total. The summed E-state index contributed by atoms with van der Waals surface area (Å²) in [6.07, 6.45) is 6.91. The summed E-state index contributed by atoms with van der Waals surface area (Å²) in [4.78, 5) is 24.0. The Hall–Kier alpha value is -2.92. The quantitative estimate of drug-likeness (QED) is 0.530. The summed E-state index contributed by atoms with van der Waals surface area (Å²) < 4.78 is 26.8. The predicted molar refractivity (Wildman–Crippen MR) is 128 cm³/mol. The first-order valence-electron chi connectivity index (χ1n) is 11.3. The first kappa shape index (κ1) is 23.2. The van der Waals surface area contributed by atoms with Gasteiger partial charge >= 0.3 is 0 Å². The number of amides is 1. The average Bonchev–Trinajstić information content (AvgIpc) is 2.78. The summed E-state index contributed by atoms with van der Waals surface area (Å²) in [5, 5.41) is 15.1. The van der Waals surface area contributed by atoms with Crippen molar-refractivity contribution < 1.29 is 18.3 Å². The van der Waals surface area contributed by atoms with Crippen molar-refractivity contribution in [2.24, 2.45) is 5.92 Å². The number of carbonyl (C=O) groups is 1. The molecular weight excluding hydrogens is 444 g/mol. The van der Waals surface area contributed by atoms with Gasteiger partial charge < -0.3 is 20.6 Å². The Labute approximate surface area is 193 Å². The van der Waals surface area contributed by atoms with Crippen LogP contribution < -0.4 is 20.3 Å². The lowest BCUT2D eigenvalue weighted by Gasteiger charge is -2.35. The van der Waals surface area contributed by atoms with Crippen LogP contribution in [0.1, 0.15) is 42.5 Å². The molecule has 4 rings (SSSR count). The van der Waals surface area contributed by atoms with E-state index in [9.17, 15) is 13.2 Å². The fourth-order valence-electron chi connectivity index (χ4n) is 4.37. The van der Waals surface area contributed by atoms with Gasteiger partial charge in [-0.1, -0.05) is 6.42 Å². The number of aromatic nitrogens is 2. The minimum Gasteiger partial charge on any atom is -0.395 e. The van der Waals surface area contributed by atoms with Crippen LogP contribution in [0, 0.1) is 5.92 Å². The van der Waals surface area contributed by atoms with E-state index in [4.69, 9.17) is 5.11 Å². The zero-order chi connectivity index (χ0) is 23.3. The van der Waals surface area contributed by atoms with Crippen molar-refractivity contribution in [2.75, 3.05) is 52.2 Å². The number of nitrogens with one attached hydrogen (secondary N) is 3. The van der Waals surface area contributed by atoms with Crippen LogP contribution in [0.25, 0.3) is 0 Å². The van der Waals surface area contributed by atoms with Gasteiger partial charge in [-0.15, -0.1) is 0 Å². The van der Waals surface area contributed by atoms with Crippen molar-refractivity contribution >= 4 is 39.1 Å². The Morgan fingerprint density at radius 3 is 2.88 bits per heavy atom. The van der Waals surface area contributed by atoms with E-state index in [-0.39, 0.29) is 11.7 Å². The largest absolute Gasteiger partial charge is 0.395 e. The Bertz CT molecular complexity index is 1090. The van der Waals surface area contributed by atoms with E-state index in [0.717, 1.165) is 51.7 Å². The van der Waals surface area contributed by atoms with Crippen molar-refractivity contribution in [2.45, 2.75) is 32.1 Å². The Balaban J connectivity index is 1.70. The Kier molecular flexibility index (Phi) is 7.29. The second-order valence-electron chi connectivity index (χ2n) is 8.47. The molecule has 0 spiro atoms. The lowest BCUT2D eigenvalue weighted by Crippen LogP contribution is -2.36. The van der Waals surface area contributed by atoms with Crippen LogP contribution in [0.4, 0.5) is 23.1 Å². The molecule has 33 heavy (non-hydrogen) atoms. The second kappa shape index (κ2) is 10.3. The van der Waals surface area contributed by atoms with Gasteiger partial charge in [-0.05, 0) is 55.9 Å². The summed E-state index contributed by atoms with van der Waals surface area (Å²) >= 11 is 0. The summed E-state index contributed by atoms with van der Waals surface area (Å²) in [5.41, 5.74) is 1.50. The number of aliphatic hydroxyl groups is 1. The highest BCUT2D eigenvalue weighted by Gasteiger charge is 2.25. The normalized spacial score (nSPS) is 19.4. The number of benzene rings is 1. The lowest BCUT2D eigenvalue weighted by atomic mass is 9.92. The molecule has 3 heterocycles. The number of fused-ring (bicyclic) bond motifs is 6. The minimum absolute atomic E-state index is 0.323. The maximum absolute atomic E-state index is 13.2. The first-order valence-corrected chi connectivity index (χ1v) is 13.0. The molecule has 2 aliphatic heterocycles. The molecule has 1 aromatic heterocycles. The van der Waals surface area contributed by atoms with Gasteiger partial charge in [-0.3, -0.25) is 9.52 Å². The fourth-order valence-corrected chi connectivity index (χ4v) is 5.20. The third-order valence-corrected chi connectivity index (χ3v) is 7.22. The second-order valence-corrected chi connectivity index (χ2v) is 10.3.